The summed E-state index contributed by atoms with van der Waals surface area (Å²) in [5.74, 6) is 0.294. The third-order valence-electron chi connectivity index (χ3n) is 4.45. The number of furan rings is 1. The minimum absolute atomic E-state index is 0.171. The van der Waals surface area contributed by atoms with Crippen LogP contribution in [0.4, 0.5) is 0 Å². The summed E-state index contributed by atoms with van der Waals surface area (Å²) in [5.41, 5.74) is 0.661. The van der Waals surface area contributed by atoms with E-state index in [0.29, 0.717) is 23.8 Å². The molecular weight excluding hydrogens is 340 g/mol. The molecule has 144 valence electrons. The Balaban J connectivity index is 2.08. The zero-order valence-electron chi connectivity index (χ0n) is 16.0. The van der Waals surface area contributed by atoms with Gasteiger partial charge in [0, 0.05) is 18.2 Å². The highest BCUT2D eigenvalue weighted by Gasteiger charge is 2.16. The number of nitrogens with one attached hydrogen (secondary N) is 2. The minimum Gasteiger partial charge on any atom is -0.465 e. The maximum absolute atomic E-state index is 12.7. The summed E-state index contributed by atoms with van der Waals surface area (Å²) in [6.45, 7) is 4.88. The Bertz CT molecular complexity index is 736. The molecule has 2 rings (SSSR count). The van der Waals surface area contributed by atoms with Crippen LogP contribution in [0.5, 0.6) is 0 Å². The number of benzene rings is 1. The van der Waals surface area contributed by atoms with Crippen molar-refractivity contribution in [3.8, 4) is 0 Å². The number of hydrogen-bond acceptors (Lipinski definition) is 3. The maximum atomic E-state index is 12.7. The fraction of sp³-hybridized carbons (Fsp3) is 0.364. The summed E-state index contributed by atoms with van der Waals surface area (Å²) in [4.78, 5) is 25.2. The molecule has 0 aliphatic rings. The number of rotatable bonds is 10. The van der Waals surface area contributed by atoms with Crippen LogP contribution in [0.1, 0.15) is 55.6 Å². The highest BCUT2D eigenvalue weighted by atomic mass is 16.3. The number of hydrogen-bond donors (Lipinski definition) is 2. The Morgan fingerprint density at radius 1 is 1.11 bits per heavy atom. The second-order valence-corrected chi connectivity index (χ2v) is 6.52. The number of carbonyl (C=O) groups excluding carboxylic acids is 2. The lowest BCUT2D eigenvalue weighted by atomic mass is 9.99. The van der Waals surface area contributed by atoms with E-state index in [0.717, 1.165) is 25.7 Å². The van der Waals surface area contributed by atoms with Gasteiger partial charge in [0.25, 0.3) is 11.8 Å². The van der Waals surface area contributed by atoms with Gasteiger partial charge in [0.15, 0.2) is 0 Å². The standard InChI is InChI=1S/C22H28N2O3/c1-3-5-10-17(4-2)16-23-22(26)20(15-19-13-9-14-27-19)24-21(25)18-11-7-6-8-12-18/h6-9,11-15,17H,3-5,10,16H2,1-2H3,(H,23,26)(H,24,25)/b20-15-/t17-/m0/s1. The van der Waals surface area contributed by atoms with Crippen LogP contribution in [0.3, 0.4) is 0 Å². The van der Waals surface area contributed by atoms with Crippen LogP contribution in [-0.4, -0.2) is 18.4 Å². The molecule has 0 aliphatic heterocycles. The lowest BCUT2D eigenvalue weighted by Crippen LogP contribution is -2.37. The highest BCUT2D eigenvalue weighted by molar-refractivity contribution is 6.05. The van der Waals surface area contributed by atoms with Crippen molar-refractivity contribution in [1.29, 1.82) is 0 Å². The molecule has 0 fully saturated rings. The van der Waals surface area contributed by atoms with Gasteiger partial charge in [-0.3, -0.25) is 9.59 Å². The lowest BCUT2D eigenvalue weighted by Gasteiger charge is -2.16. The van der Waals surface area contributed by atoms with Gasteiger partial charge in [-0.25, -0.2) is 0 Å². The van der Waals surface area contributed by atoms with E-state index in [2.05, 4.69) is 24.5 Å². The summed E-state index contributed by atoms with van der Waals surface area (Å²) < 4.78 is 5.29. The fourth-order valence-electron chi connectivity index (χ4n) is 2.73. The van der Waals surface area contributed by atoms with E-state index in [1.807, 2.05) is 6.07 Å². The first-order valence-corrected chi connectivity index (χ1v) is 9.53. The number of unbranched alkanes of at least 4 members (excludes halogenated alkanes) is 1. The summed E-state index contributed by atoms with van der Waals surface area (Å²) in [6, 6.07) is 12.3. The third kappa shape index (κ3) is 6.77. The highest BCUT2D eigenvalue weighted by Crippen LogP contribution is 2.12. The fourth-order valence-corrected chi connectivity index (χ4v) is 2.73. The lowest BCUT2D eigenvalue weighted by molar-refractivity contribution is -0.117. The normalized spacial score (nSPS) is 12.4. The molecule has 1 atom stereocenters. The van der Waals surface area contributed by atoms with E-state index in [-0.39, 0.29) is 17.5 Å². The van der Waals surface area contributed by atoms with Crippen molar-refractivity contribution in [1.82, 2.24) is 10.6 Å². The molecule has 0 radical (unpaired) electrons. The Morgan fingerprint density at radius 2 is 1.89 bits per heavy atom. The molecule has 0 aliphatic carbocycles. The van der Waals surface area contributed by atoms with Gasteiger partial charge in [0.05, 0.1) is 6.26 Å². The van der Waals surface area contributed by atoms with Crippen LogP contribution < -0.4 is 10.6 Å². The van der Waals surface area contributed by atoms with E-state index in [1.54, 1.807) is 42.5 Å². The first-order valence-electron chi connectivity index (χ1n) is 9.53. The summed E-state index contributed by atoms with van der Waals surface area (Å²) >= 11 is 0. The van der Waals surface area contributed by atoms with Crippen molar-refractivity contribution in [3.05, 3.63) is 65.7 Å². The molecule has 1 heterocycles. The largest absolute Gasteiger partial charge is 0.465 e. The Kier molecular flexibility index (Phi) is 8.36. The summed E-state index contributed by atoms with van der Waals surface area (Å²) in [7, 11) is 0. The molecule has 0 spiro atoms. The van der Waals surface area contributed by atoms with E-state index in [9.17, 15) is 9.59 Å². The molecule has 0 saturated carbocycles. The molecule has 1 aromatic heterocycles. The molecular formula is C22H28N2O3. The third-order valence-corrected chi connectivity index (χ3v) is 4.45. The summed E-state index contributed by atoms with van der Waals surface area (Å²) in [6.07, 6.45) is 7.45. The molecule has 0 saturated heterocycles. The van der Waals surface area contributed by atoms with Crippen molar-refractivity contribution in [3.63, 3.8) is 0 Å². The zero-order valence-corrected chi connectivity index (χ0v) is 16.0. The summed E-state index contributed by atoms with van der Waals surface area (Å²) in [5, 5.41) is 5.65. The van der Waals surface area contributed by atoms with Gasteiger partial charge in [-0.2, -0.15) is 0 Å². The van der Waals surface area contributed by atoms with Gasteiger partial charge in [0.1, 0.15) is 11.5 Å². The van der Waals surface area contributed by atoms with Gasteiger partial charge < -0.3 is 15.1 Å². The van der Waals surface area contributed by atoms with Crippen LogP contribution in [0.2, 0.25) is 0 Å². The second kappa shape index (κ2) is 11.0. The second-order valence-electron chi connectivity index (χ2n) is 6.52. The first kappa shape index (κ1) is 20.5. The number of carbonyl (C=O) groups is 2. The zero-order chi connectivity index (χ0) is 19.5. The molecule has 2 amide bonds. The predicted molar refractivity (Wildman–Crippen MR) is 107 cm³/mol. The average molecular weight is 368 g/mol. The van der Waals surface area contributed by atoms with Crippen molar-refractivity contribution >= 4 is 17.9 Å². The van der Waals surface area contributed by atoms with Crippen LogP contribution in [0.15, 0.2) is 58.8 Å². The molecule has 0 bridgehead atoms. The molecule has 5 heteroatoms. The van der Waals surface area contributed by atoms with Crippen LogP contribution >= 0.6 is 0 Å². The van der Waals surface area contributed by atoms with Gasteiger partial charge in [0.2, 0.25) is 0 Å². The van der Waals surface area contributed by atoms with Gasteiger partial charge >= 0.3 is 0 Å². The minimum atomic E-state index is -0.332. The van der Waals surface area contributed by atoms with Crippen LogP contribution in [-0.2, 0) is 4.79 Å². The molecule has 0 unspecified atom stereocenters. The van der Waals surface area contributed by atoms with Crippen molar-refractivity contribution < 1.29 is 14.0 Å². The van der Waals surface area contributed by atoms with Crippen molar-refractivity contribution in [2.45, 2.75) is 39.5 Å². The molecule has 2 aromatic rings. The quantitative estimate of drug-likeness (QED) is 0.611. The monoisotopic (exact) mass is 368 g/mol. The first-order chi connectivity index (χ1) is 13.1. The van der Waals surface area contributed by atoms with Crippen molar-refractivity contribution in [2.75, 3.05) is 6.54 Å². The SMILES string of the molecule is CCCC[C@H](CC)CNC(=O)/C(=C/c1ccco1)NC(=O)c1ccccc1. The molecule has 27 heavy (non-hydrogen) atoms. The van der Waals surface area contributed by atoms with E-state index >= 15 is 0 Å². The topological polar surface area (TPSA) is 71.3 Å². The molecule has 5 nitrogen and oxygen atoms in total. The van der Waals surface area contributed by atoms with Crippen LogP contribution in [0.25, 0.3) is 6.08 Å². The van der Waals surface area contributed by atoms with Gasteiger partial charge in [-0.1, -0.05) is 51.3 Å². The van der Waals surface area contributed by atoms with E-state index < -0.39 is 0 Å². The average Bonchev–Trinajstić information content (AvgIpc) is 3.21. The van der Waals surface area contributed by atoms with E-state index in [1.165, 1.54) is 6.26 Å². The Labute approximate surface area is 160 Å². The molecule has 1 aromatic carbocycles. The van der Waals surface area contributed by atoms with Gasteiger partial charge in [-0.05, 0) is 36.6 Å². The van der Waals surface area contributed by atoms with Gasteiger partial charge in [-0.15, -0.1) is 0 Å². The predicted octanol–water partition coefficient (Wildman–Crippen LogP) is 4.38. The smallest absolute Gasteiger partial charge is 0.267 e. The maximum Gasteiger partial charge on any atom is 0.267 e. The Hall–Kier alpha value is -2.82. The van der Waals surface area contributed by atoms with E-state index in [4.69, 9.17) is 4.42 Å². The molecule has 2 N–H and O–H groups in total. The Morgan fingerprint density at radius 3 is 2.52 bits per heavy atom. The van der Waals surface area contributed by atoms with Crippen molar-refractivity contribution in [2.24, 2.45) is 5.92 Å². The number of amides is 2. The van der Waals surface area contributed by atoms with Crippen LogP contribution in [0, 0.1) is 5.92 Å².